The lowest BCUT2D eigenvalue weighted by atomic mass is 9.80. The monoisotopic (exact) mass is 507 g/mol. The fourth-order valence-corrected chi connectivity index (χ4v) is 4.68. The molecule has 196 valence electrons. The molecule has 0 unspecified atom stereocenters. The number of rotatable bonds is 12. The van der Waals surface area contributed by atoms with Crippen LogP contribution >= 0.6 is 0 Å². The molecule has 3 aromatic rings. The first-order valence-corrected chi connectivity index (χ1v) is 12.1. The van der Waals surface area contributed by atoms with Crippen LogP contribution in [0.5, 0.6) is 0 Å². The van der Waals surface area contributed by atoms with Crippen LogP contribution in [0.25, 0.3) is 0 Å². The van der Waals surface area contributed by atoms with E-state index in [0.29, 0.717) is 0 Å². The summed E-state index contributed by atoms with van der Waals surface area (Å²) in [5.74, 6) is -0.429. The van der Waals surface area contributed by atoms with Gasteiger partial charge in [-0.3, -0.25) is 4.79 Å². The fraction of sp³-hybridized carbons (Fsp3) is 0.345. The molecule has 0 aromatic heterocycles. The van der Waals surface area contributed by atoms with E-state index in [1.807, 2.05) is 91.0 Å². The molecular weight excluding hydrogens is 474 g/mol. The van der Waals surface area contributed by atoms with Crippen molar-refractivity contribution in [2.24, 2.45) is 0 Å². The number of nitrogens with one attached hydrogen (secondary N) is 1. The topological polar surface area (TPSA) is 95.5 Å². The van der Waals surface area contributed by atoms with Gasteiger partial charge in [0.15, 0.2) is 6.10 Å². The van der Waals surface area contributed by atoms with Crippen molar-refractivity contribution in [3.8, 4) is 0 Å². The first kappa shape index (κ1) is 26.9. The molecule has 1 heterocycles. The fourth-order valence-electron chi connectivity index (χ4n) is 4.68. The standard InChI is InChI=1S/C29H33NO7/c1-33-19-35-26-25(31)24(30-28(32)27(26)36-20-34-2)18-37-29(21-12-6-3-7-13-21,22-14-8-4-9-15-22)23-16-10-5-11-17-23/h3-17,24-27,31H,18-20H2,1-2H3,(H,30,32)/t24-,25-,26+,27-/m1/s1. The Bertz CT molecular complexity index is 1000. The van der Waals surface area contributed by atoms with Gasteiger partial charge in [0.25, 0.3) is 5.91 Å². The van der Waals surface area contributed by atoms with Gasteiger partial charge in [0.1, 0.15) is 31.4 Å². The van der Waals surface area contributed by atoms with Crippen LogP contribution in [0.1, 0.15) is 16.7 Å². The van der Waals surface area contributed by atoms with Gasteiger partial charge >= 0.3 is 0 Å². The number of aliphatic hydroxyl groups excluding tert-OH is 1. The van der Waals surface area contributed by atoms with Gasteiger partial charge in [0.2, 0.25) is 0 Å². The molecule has 8 heteroatoms. The average molecular weight is 508 g/mol. The second kappa shape index (κ2) is 12.9. The quantitative estimate of drug-likeness (QED) is 0.288. The Morgan fingerprint density at radius 1 is 0.757 bits per heavy atom. The Hall–Kier alpha value is -3.11. The molecular formula is C29H33NO7. The third-order valence-corrected chi connectivity index (χ3v) is 6.40. The maximum atomic E-state index is 13.0. The Morgan fingerprint density at radius 2 is 1.22 bits per heavy atom. The van der Waals surface area contributed by atoms with E-state index >= 15 is 0 Å². The van der Waals surface area contributed by atoms with E-state index in [1.54, 1.807) is 0 Å². The summed E-state index contributed by atoms with van der Waals surface area (Å²) in [6, 6.07) is 28.9. The molecule has 37 heavy (non-hydrogen) atoms. The predicted octanol–water partition coefficient (Wildman–Crippen LogP) is 2.83. The number of aliphatic hydroxyl groups is 1. The van der Waals surface area contributed by atoms with Crippen LogP contribution in [-0.4, -0.2) is 69.8 Å². The van der Waals surface area contributed by atoms with Gasteiger partial charge in [-0.1, -0.05) is 91.0 Å². The number of hydrogen-bond acceptors (Lipinski definition) is 7. The number of amides is 1. The second-order valence-electron chi connectivity index (χ2n) is 8.73. The zero-order valence-electron chi connectivity index (χ0n) is 21.0. The molecule has 1 aliphatic heterocycles. The Morgan fingerprint density at radius 3 is 1.68 bits per heavy atom. The van der Waals surface area contributed by atoms with Gasteiger partial charge in [-0.15, -0.1) is 0 Å². The van der Waals surface area contributed by atoms with Crippen LogP contribution in [0.15, 0.2) is 91.0 Å². The number of ether oxygens (including phenoxy) is 5. The summed E-state index contributed by atoms with van der Waals surface area (Å²) in [4.78, 5) is 13.0. The van der Waals surface area contributed by atoms with E-state index in [-0.39, 0.29) is 20.2 Å². The molecule has 4 rings (SSSR count). The van der Waals surface area contributed by atoms with Crippen LogP contribution in [0.3, 0.4) is 0 Å². The number of carbonyl (C=O) groups is 1. The second-order valence-corrected chi connectivity index (χ2v) is 8.73. The molecule has 1 fully saturated rings. The molecule has 0 radical (unpaired) electrons. The molecule has 0 spiro atoms. The summed E-state index contributed by atoms with van der Waals surface area (Å²) in [5.41, 5.74) is 1.74. The number of methoxy groups -OCH3 is 2. The van der Waals surface area contributed by atoms with Gasteiger partial charge in [0, 0.05) is 14.2 Å². The third kappa shape index (κ3) is 5.91. The Labute approximate surface area is 217 Å². The van der Waals surface area contributed by atoms with Crippen molar-refractivity contribution in [3.05, 3.63) is 108 Å². The number of piperidine rings is 1. The zero-order chi connectivity index (χ0) is 26.1. The van der Waals surface area contributed by atoms with Crippen LogP contribution in [0.2, 0.25) is 0 Å². The molecule has 0 bridgehead atoms. The summed E-state index contributed by atoms with van der Waals surface area (Å²) in [5, 5.41) is 14.1. The summed E-state index contributed by atoms with van der Waals surface area (Å²) >= 11 is 0. The van der Waals surface area contributed by atoms with Crippen molar-refractivity contribution in [3.63, 3.8) is 0 Å². The van der Waals surface area contributed by atoms with Crippen LogP contribution < -0.4 is 5.32 Å². The molecule has 2 N–H and O–H groups in total. The van der Waals surface area contributed by atoms with Gasteiger partial charge in [-0.2, -0.15) is 0 Å². The van der Waals surface area contributed by atoms with Crippen molar-refractivity contribution in [2.75, 3.05) is 34.4 Å². The van der Waals surface area contributed by atoms with E-state index < -0.39 is 35.9 Å². The molecule has 8 nitrogen and oxygen atoms in total. The Balaban J connectivity index is 1.69. The highest BCUT2D eigenvalue weighted by atomic mass is 16.7. The normalized spacial score (nSPS) is 22.0. The largest absolute Gasteiger partial charge is 0.388 e. The van der Waals surface area contributed by atoms with E-state index in [9.17, 15) is 9.90 Å². The molecule has 1 amide bonds. The summed E-state index contributed by atoms with van der Waals surface area (Å²) < 4.78 is 27.9. The average Bonchev–Trinajstić information content (AvgIpc) is 2.95. The minimum absolute atomic E-state index is 0.00453. The van der Waals surface area contributed by atoms with E-state index in [2.05, 4.69) is 5.32 Å². The minimum Gasteiger partial charge on any atom is -0.388 e. The highest BCUT2D eigenvalue weighted by molar-refractivity contribution is 5.83. The summed E-state index contributed by atoms with van der Waals surface area (Å²) in [7, 11) is 2.92. The van der Waals surface area contributed by atoms with Crippen molar-refractivity contribution in [2.45, 2.75) is 30.0 Å². The molecule has 1 aliphatic rings. The lowest BCUT2D eigenvalue weighted by Crippen LogP contribution is -2.65. The molecule has 0 aliphatic carbocycles. The van der Waals surface area contributed by atoms with Gasteiger partial charge in [-0.05, 0) is 16.7 Å². The highest BCUT2D eigenvalue weighted by Gasteiger charge is 2.47. The summed E-state index contributed by atoms with van der Waals surface area (Å²) in [6.07, 6.45) is -3.17. The summed E-state index contributed by atoms with van der Waals surface area (Å²) in [6.45, 7) is -0.245. The third-order valence-electron chi connectivity index (χ3n) is 6.40. The first-order valence-electron chi connectivity index (χ1n) is 12.1. The number of benzene rings is 3. The van der Waals surface area contributed by atoms with Crippen LogP contribution in [0.4, 0.5) is 0 Å². The van der Waals surface area contributed by atoms with Crippen LogP contribution in [0, 0.1) is 0 Å². The molecule has 1 saturated heterocycles. The maximum Gasteiger partial charge on any atom is 0.252 e. The molecule has 3 aromatic carbocycles. The van der Waals surface area contributed by atoms with Crippen molar-refractivity contribution in [1.82, 2.24) is 5.32 Å². The van der Waals surface area contributed by atoms with Gasteiger partial charge in [0.05, 0.1) is 12.6 Å². The van der Waals surface area contributed by atoms with E-state index in [1.165, 1.54) is 14.2 Å². The lowest BCUT2D eigenvalue weighted by Gasteiger charge is -2.42. The number of hydrogen-bond donors (Lipinski definition) is 2. The maximum absolute atomic E-state index is 13.0. The highest BCUT2D eigenvalue weighted by Crippen LogP contribution is 2.40. The predicted molar refractivity (Wildman–Crippen MR) is 137 cm³/mol. The van der Waals surface area contributed by atoms with Gasteiger partial charge < -0.3 is 34.1 Å². The first-order chi connectivity index (χ1) is 18.1. The number of carbonyl (C=O) groups excluding carboxylic acids is 1. The van der Waals surface area contributed by atoms with Crippen molar-refractivity contribution >= 4 is 5.91 Å². The van der Waals surface area contributed by atoms with Crippen molar-refractivity contribution < 1.29 is 33.6 Å². The van der Waals surface area contributed by atoms with Crippen LogP contribution in [-0.2, 0) is 34.1 Å². The SMILES string of the molecule is COCO[C@H]1[C@H](O)[C@@H](COC(c2ccccc2)(c2ccccc2)c2ccccc2)NC(=O)[C@@H]1OCOC. The zero-order valence-corrected chi connectivity index (χ0v) is 21.0. The molecule has 0 saturated carbocycles. The Kier molecular flexibility index (Phi) is 9.40. The van der Waals surface area contributed by atoms with Crippen molar-refractivity contribution in [1.29, 1.82) is 0 Å². The van der Waals surface area contributed by atoms with E-state index in [0.717, 1.165) is 16.7 Å². The van der Waals surface area contributed by atoms with Gasteiger partial charge in [-0.25, -0.2) is 0 Å². The lowest BCUT2D eigenvalue weighted by molar-refractivity contribution is -0.208. The molecule has 4 atom stereocenters. The minimum atomic E-state index is -1.13. The smallest absolute Gasteiger partial charge is 0.252 e. The van der Waals surface area contributed by atoms with E-state index in [4.69, 9.17) is 23.7 Å².